The number of piperidine rings is 1. The molecule has 6 heteroatoms. The van der Waals surface area contributed by atoms with Crippen LogP contribution in [0, 0.1) is 22.9 Å². The number of carbonyl (C=O) groups is 1. The van der Waals surface area contributed by atoms with Crippen LogP contribution < -0.4 is 5.32 Å². The van der Waals surface area contributed by atoms with E-state index in [0.29, 0.717) is 25.2 Å². The molecule has 0 unspecified atom stereocenters. The maximum Gasteiger partial charge on any atom is 0.259 e. The lowest BCUT2D eigenvalue weighted by Gasteiger charge is -2.38. The number of likely N-dealkylation sites (tertiary alicyclic amines) is 1. The van der Waals surface area contributed by atoms with E-state index in [1.807, 2.05) is 0 Å². The van der Waals surface area contributed by atoms with E-state index in [0.717, 1.165) is 32.4 Å². The fourth-order valence-corrected chi connectivity index (χ4v) is 3.31. The fraction of sp³-hybridized carbons (Fsp3) is 0.533. The van der Waals surface area contributed by atoms with Gasteiger partial charge in [0.1, 0.15) is 23.0 Å². The van der Waals surface area contributed by atoms with Gasteiger partial charge in [-0.2, -0.15) is 0 Å². The highest BCUT2D eigenvalue weighted by Gasteiger charge is 2.38. The average molecular weight is 298 g/mol. The number of hydrogen-bond acceptors (Lipinski definition) is 2. The number of rotatable bonds is 1. The molecule has 2 aliphatic rings. The third-order valence-electron chi connectivity index (χ3n) is 4.66. The Kier molecular flexibility index (Phi) is 3.65. The molecule has 1 spiro atoms. The lowest BCUT2D eigenvalue weighted by molar-refractivity contribution is 0.0598. The average Bonchev–Trinajstić information content (AvgIpc) is 2.86. The third-order valence-corrected chi connectivity index (χ3v) is 4.66. The summed E-state index contributed by atoms with van der Waals surface area (Å²) in [6.07, 6.45) is 2.74. The van der Waals surface area contributed by atoms with Crippen molar-refractivity contribution in [2.24, 2.45) is 5.41 Å². The summed E-state index contributed by atoms with van der Waals surface area (Å²) < 4.78 is 40.2. The van der Waals surface area contributed by atoms with E-state index in [9.17, 15) is 18.0 Å². The first-order valence-corrected chi connectivity index (χ1v) is 7.15. The second-order valence-electron chi connectivity index (χ2n) is 5.96. The van der Waals surface area contributed by atoms with Gasteiger partial charge in [-0.25, -0.2) is 13.2 Å². The van der Waals surface area contributed by atoms with Crippen molar-refractivity contribution in [1.82, 2.24) is 10.2 Å². The molecule has 3 rings (SSSR count). The number of carbonyl (C=O) groups excluding carboxylic acids is 1. The highest BCUT2D eigenvalue weighted by molar-refractivity contribution is 5.94. The second-order valence-corrected chi connectivity index (χ2v) is 5.96. The van der Waals surface area contributed by atoms with Gasteiger partial charge in [-0.15, -0.1) is 0 Å². The molecular formula is C15H17F3N2O. The first kappa shape index (κ1) is 14.4. The molecule has 0 saturated carbocycles. The Morgan fingerprint density at radius 3 is 2.24 bits per heavy atom. The number of nitrogens with zero attached hydrogens (tertiary/aromatic N) is 1. The highest BCUT2D eigenvalue weighted by atomic mass is 19.1. The van der Waals surface area contributed by atoms with Crippen LogP contribution in [-0.4, -0.2) is 37.0 Å². The second kappa shape index (κ2) is 5.33. The maximum absolute atomic E-state index is 13.7. The van der Waals surface area contributed by atoms with Gasteiger partial charge in [0.05, 0.1) is 0 Å². The van der Waals surface area contributed by atoms with E-state index >= 15 is 0 Å². The zero-order chi connectivity index (χ0) is 15.0. The van der Waals surface area contributed by atoms with E-state index in [4.69, 9.17) is 0 Å². The van der Waals surface area contributed by atoms with Crippen molar-refractivity contribution in [2.45, 2.75) is 19.3 Å². The van der Waals surface area contributed by atoms with Crippen LogP contribution in [0.25, 0.3) is 0 Å². The van der Waals surface area contributed by atoms with Crippen LogP contribution in [0.1, 0.15) is 29.6 Å². The molecule has 1 aromatic carbocycles. The zero-order valence-electron chi connectivity index (χ0n) is 11.6. The highest BCUT2D eigenvalue weighted by Crippen LogP contribution is 2.37. The largest absolute Gasteiger partial charge is 0.338 e. The monoisotopic (exact) mass is 298 g/mol. The summed E-state index contributed by atoms with van der Waals surface area (Å²) in [5.41, 5.74) is -0.437. The van der Waals surface area contributed by atoms with Gasteiger partial charge in [0.15, 0.2) is 0 Å². The van der Waals surface area contributed by atoms with Gasteiger partial charge in [0, 0.05) is 31.8 Å². The minimum Gasteiger partial charge on any atom is -0.338 e. The molecular weight excluding hydrogens is 281 g/mol. The Hall–Kier alpha value is -1.56. The normalized spacial score (nSPS) is 21.0. The van der Waals surface area contributed by atoms with Gasteiger partial charge in [0.2, 0.25) is 0 Å². The number of nitrogens with one attached hydrogen (secondary N) is 1. The molecule has 0 bridgehead atoms. The molecule has 21 heavy (non-hydrogen) atoms. The maximum atomic E-state index is 13.7. The lowest BCUT2D eigenvalue weighted by atomic mass is 9.78. The van der Waals surface area contributed by atoms with Gasteiger partial charge < -0.3 is 10.2 Å². The summed E-state index contributed by atoms with van der Waals surface area (Å²) >= 11 is 0. The lowest BCUT2D eigenvalue weighted by Crippen LogP contribution is -2.44. The van der Waals surface area contributed by atoms with Crippen LogP contribution in [0.2, 0.25) is 0 Å². The van der Waals surface area contributed by atoms with Crippen molar-refractivity contribution in [3.63, 3.8) is 0 Å². The molecule has 2 saturated heterocycles. The van der Waals surface area contributed by atoms with Crippen molar-refractivity contribution in [1.29, 1.82) is 0 Å². The first-order valence-electron chi connectivity index (χ1n) is 7.15. The van der Waals surface area contributed by atoms with Crippen LogP contribution >= 0.6 is 0 Å². The Bertz CT molecular complexity index is 537. The molecule has 0 aliphatic carbocycles. The van der Waals surface area contributed by atoms with Crippen molar-refractivity contribution in [2.75, 3.05) is 26.2 Å². The number of halogens is 3. The minimum atomic E-state index is -1.14. The molecule has 0 radical (unpaired) electrons. The summed E-state index contributed by atoms with van der Waals surface area (Å²) in [4.78, 5) is 13.7. The number of amides is 1. The summed E-state index contributed by atoms with van der Waals surface area (Å²) in [5.74, 6) is -3.98. The molecule has 2 heterocycles. The Morgan fingerprint density at radius 2 is 1.71 bits per heavy atom. The van der Waals surface area contributed by atoms with Crippen LogP contribution in [0.5, 0.6) is 0 Å². The van der Waals surface area contributed by atoms with Crippen molar-refractivity contribution < 1.29 is 18.0 Å². The molecule has 114 valence electrons. The van der Waals surface area contributed by atoms with Gasteiger partial charge >= 0.3 is 0 Å². The fourth-order valence-electron chi connectivity index (χ4n) is 3.31. The standard InChI is InChI=1S/C15H17F3N2O/c16-10-7-11(17)13(12(18)8-10)14(21)20-5-2-15(3-6-20)1-4-19-9-15/h7-8,19H,1-6,9H2. The van der Waals surface area contributed by atoms with Crippen LogP contribution in [0.4, 0.5) is 13.2 Å². The summed E-state index contributed by atoms with van der Waals surface area (Å²) in [6.45, 7) is 2.89. The van der Waals surface area contributed by atoms with Gasteiger partial charge in [0.25, 0.3) is 5.91 Å². The molecule has 1 amide bonds. The van der Waals surface area contributed by atoms with Crippen molar-refractivity contribution in [3.8, 4) is 0 Å². The summed E-state index contributed by atoms with van der Waals surface area (Å²) in [7, 11) is 0. The van der Waals surface area contributed by atoms with E-state index in [-0.39, 0.29) is 5.41 Å². The minimum absolute atomic E-state index is 0.219. The Balaban J connectivity index is 1.75. The zero-order valence-corrected chi connectivity index (χ0v) is 11.6. The van der Waals surface area contributed by atoms with Gasteiger partial charge in [-0.3, -0.25) is 4.79 Å². The van der Waals surface area contributed by atoms with E-state index in [2.05, 4.69) is 5.32 Å². The van der Waals surface area contributed by atoms with Crippen molar-refractivity contribution >= 4 is 5.91 Å². The topological polar surface area (TPSA) is 32.3 Å². The smallest absolute Gasteiger partial charge is 0.259 e. The Morgan fingerprint density at radius 1 is 1.10 bits per heavy atom. The van der Waals surface area contributed by atoms with Gasteiger partial charge in [-0.05, 0) is 31.2 Å². The number of hydrogen-bond donors (Lipinski definition) is 1. The van der Waals surface area contributed by atoms with Crippen LogP contribution in [-0.2, 0) is 0 Å². The third kappa shape index (κ3) is 2.64. The molecule has 0 atom stereocenters. The van der Waals surface area contributed by atoms with E-state index in [1.165, 1.54) is 4.90 Å². The predicted molar refractivity (Wildman–Crippen MR) is 71.4 cm³/mol. The quantitative estimate of drug-likeness (QED) is 0.863. The molecule has 3 nitrogen and oxygen atoms in total. The Labute approximate surface area is 121 Å². The molecule has 2 fully saturated rings. The van der Waals surface area contributed by atoms with Crippen LogP contribution in [0.15, 0.2) is 12.1 Å². The van der Waals surface area contributed by atoms with E-state index < -0.39 is 28.9 Å². The molecule has 2 aliphatic heterocycles. The molecule has 1 N–H and O–H groups in total. The summed E-state index contributed by atoms with van der Waals surface area (Å²) in [5, 5.41) is 3.32. The van der Waals surface area contributed by atoms with Gasteiger partial charge in [-0.1, -0.05) is 0 Å². The van der Waals surface area contributed by atoms with Crippen molar-refractivity contribution in [3.05, 3.63) is 35.1 Å². The predicted octanol–water partition coefficient (Wildman–Crippen LogP) is 2.32. The summed E-state index contributed by atoms with van der Waals surface area (Å²) in [6, 6.07) is 1.09. The SMILES string of the molecule is O=C(c1c(F)cc(F)cc1F)N1CCC2(CCNC2)CC1. The molecule has 0 aromatic heterocycles. The molecule has 1 aromatic rings. The first-order chi connectivity index (χ1) is 10.0. The van der Waals surface area contributed by atoms with Crippen LogP contribution in [0.3, 0.4) is 0 Å². The number of benzene rings is 1. The van der Waals surface area contributed by atoms with E-state index in [1.54, 1.807) is 0 Å².